The number of hydrogen-bond donors (Lipinski definition) is 1. The molecule has 1 aliphatic carbocycles. The van der Waals surface area contributed by atoms with Crippen molar-refractivity contribution < 1.29 is 9.53 Å². The van der Waals surface area contributed by atoms with Crippen LogP contribution in [0.25, 0.3) is 0 Å². The van der Waals surface area contributed by atoms with Crippen molar-refractivity contribution in [1.82, 2.24) is 0 Å². The highest BCUT2D eigenvalue weighted by Gasteiger charge is 2.26. The van der Waals surface area contributed by atoms with Gasteiger partial charge in [0.1, 0.15) is 0 Å². The first-order valence-corrected chi connectivity index (χ1v) is 7.31. The van der Waals surface area contributed by atoms with Gasteiger partial charge in [0.15, 0.2) is 0 Å². The molecule has 3 heteroatoms. The molecule has 1 unspecified atom stereocenters. The highest BCUT2D eigenvalue weighted by molar-refractivity contribution is 5.75. The molecule has 0 amide bonds. The molecule has 1 atom stereocenters. The van der Waals surface area contributed by atoms with Crippen molar-refractivity contribution in [2.75, 3.05) is 18.5 Å². The number of benzene rings is 1. The normalized spacial score (nSPS) is 22.0. The van der Waals surface area contributed by atoms with Crippen LogP contribution in [0.15, 0.2) is 24.3 Å². The lowest BCUT2D eigenvalue weighted by Crippen LogP contribution is -2.31. The van der Waals surface area contributed by atoms with Gasteiger partial charge in [0.25, 0.3) is 0 Å². The van der Waals surface area contributed by atoms with Crippen LogP contribution in [0.4, 0.5) is 5.69 Å². The highest BCUT2D eigenvalue weighted by atomic mass is 16.5. The summed E-state index contributed by atoms with van der Waals surface area (Å²) in [6, 6.07) is 8.18. The third-order valence-corrected chi connectivity index (χ3v) is 4.35. The summed E-state index contributed by atoms with van der Waals surface area (Å²) in [6.07, 6.45) is 5.82. The first-order chi connectivity index (χ1) is 9.33. The average Bonchev–Trinajstić information content (AvgIpc) is 2.40. The predicted octanol–water partition coefficient (Wildman–Crippen LogP) is 3.00. The van der Waals surface area contributed by atoms with E-state index in [1.807, 2.05) is 12.1 Å². The van der Waals surface area contributed by atoms with Gasteiger partial charge in [-0.3, -0.25) is 4.79 Å². The van der Waals surface area contributed by atoms with Gasteiger partial charge in [-0.05, 0) is 30.4 Å². The Bertz CT molecular complexity index is 454. The maximum Gasteiger partial charge on any atom is 0.311 e. The minimum Gasteiger partial charge on any atom is -0.465 e. The molecule has 2 aliphatic rings. The molecule has 0 bridgehead atoms. The third-order valence-electron chi connectivity index (χ3n) is 4.35. The Morgan fingerprint density at radius 1 is 1.32 bits per heavy atom. The summed E-state index contributed by atoms with van der Waals surface area (Å²) in [4.78, 5) is 12.0. The van der Waals surface area contributed by atoms with Gasteiger partial charge in [-0.25, -0.2) is 0 Å². The van der Waals surface area contributed by atoms with Crippen LogP contribution in [0.3, 0.4) is 0 Å². The molecule has 3 nitrogen and oxygen atoms in total. The van der Waals surface area contributed by atoms with Crippen molar-refractivity contribution in [3.05, 3.63) is 29.8 Å². The summed E-state index contributed by atoms with van der Waals surface area (Å²) in [5.74, 6) is 0.732. The first kappa shape index (κ1) is 12.5. The zero-order chi connectivity index (χ0) is 13.1. The van der Waals surface area contributed by atoms with Crippen LogP contribution in [-0.4, -0.2) is 19.1 Å². The molecule has 0 radical (unpaired) electrons. The molecule has 1 saturated carbocycles. The van der Waals surface area contributed by atoms with Crippen LogP contribution >= 0.6 is 0 Å². The number of hydrogen-bond acceptors (Lipinski definition) is 3. The molecule has 1 heterocycles. The number of rotatable bonds is 4. The number of carbonyl (C=O) groups excluding carboxylic acids is 1. The van der Waals surface area contributed by atoms with Gasteiger partial charge >= 0.3 is 5.97 Å². The summed E-state index contributed by atoms with van der Waals surface area (Å²) in [6.45, 7) is 1.29. The average molecular weight is 259 g/mol. The molecular weight excluding hydrogens is 238 g/mol. The molecule has 3 rings (SSSR count). The van der Waals surface area contributed by atoms with Crippen LogP contribution in [0.2, 0.25) is 0 Å². The predicted molar refractivity (Wildman–Crippen MR) is 75.0 cm³/mol. The molecule has 19 heavy (non-hydrogen) atoms. The zero-order valence-corrected chi connectivity index (χ0v) is 11.2. The second-order valence-electron chi connectivity index (χ2n) is 5.69. The SMILES string of the molecule is O=C(OCCC1CCC1)C1CNc2ccccc2C1. The topological polar surface area (TPSA) is 38.3 Å². The van der Waals surface area contributed by atoms with E-state index >= 15 is 0 Å². The van der Waals surface area contributed by atoms with E-state index < -0.39 is 0 Å². The number of carbonyl (C=O) groups is 1. The number of fused-ring (bicyclic) bond motifs is 1. The lowest BCUT2D eigenvalue weighted by atomic mass is 9.83. The van der Waals surface area contributed by atoms with Gasteiger partial charge in [-0.15, -0.1) is 0 Å². The summed E-state index contributed by atoms with van der Waals surface area (Å²) >= 11 is 0. The van der Waals surface area contributed by atoms with E-state index in [0.29, 0.717) is 13.2 Å². The Hall–Kier alpha value is -1.51. The fraction of sp³-hybridized carbons (Fsp3) is 0.562. The van der Waals surface area contributed by atoms with Crippen molar-refractivity contribution in [2.45, 2.75) is 32.1 Å². The van der Waals surface area contributed by atoms with Gasteiger partial charge < -0.3 is 10.1 Å². The number of nitrogens with one attached hydrogen (secondary N) is 1. The molecule has 1 aliphatic heterocycles. The third kappa shape index (κ3) is 2.91. The summed E-state index contributed by atoms with van der Waals surface area (Å²) in [5, 5.41) is 3.31. The number of esters is 1. The van der Waals surface area contributed by atoms with Gasteiger partial charge in [-0.2, -0.15) is 0 Å². The fourth-order valence-electron chi connectivity index (χ4n) is 2.83. The standard InChI is InChI=1S/C16H21NO2/c18-16(19-9-8-12-4-3-5-12)14-10-13-6-1-2-7-15(13)17-11-14/h1-2,6-7,12,14,17H,3-5,8-11H2. The quantitative estimate of drug-likeness (QED) is 0.845. The van der Waals surface area contributed by atoms with E-state index in [1.54, 1.807) is 0 Å². The fourth-order valence-corrected chi connectivity index (χ4v) is 2.83. The van der Waals surface area contributed by atoms with E-state index in [9.17, 15) is 4.79 Å². The lowest BCUT2D eigenvalue weighted by Gasteiger charge is -2.27. The van der Waals surface area contributed by atoms with E-state index in [-0.39, 0.29) is 11.9 Å². The zero-order valence-electron chi connectivity index (χ0n) is 11.2. The molecule has 1 N–H and O–H groups in total. The van der Waals surface area contributed by atoms with E-state index in [0.717, 1.165) is 24.4 Å². The van der Waals surface area contributed by atoms with E-state index in [4.69, 9.17) is 4.74 Å². The minimum atomic E-state index is -0.0404. The first-order valence-electron chi connectivity index (χ1n) is 7.31. The Morgan fingerprint density at radius 2 is 2.16 bits per heavy atom. The number of para-hydroxylation sites is 1. The number of ether oxygens (including phenoxy) is 1. The summed E-state index contributed by atoms with van der Waals surface area (Å²) < 4.78 is 5.42. The molecular formula is C16H21NO2. The molecule has 1 aromatic rings. The molecule has 102 valence electrons. The van der Waals surface area contributed by atoms with Crippen LogP contribution in [0, 0.1) is 11.8 Å². The Balaban J connectivity index is 1.48. The largest absolute Gasteiger partial charge is 0.465 e. The summed E-state index contributed by atoms with van der Waals surface area (Å²) in [7, 11) is 0. The Labute approximate surface area is 114 Å². The molecule has 0 aromatic heterocycles. The van der Waals surface area contributed by atoms with Crippen LogP contribution in [0.1, 0.15) is 31.2 Å². The Morgan fingerprint density at radius 3 is 2.95 bits per heavy atom. The molecule has 0 spiro atoms. The van der Waals surface area contributed by atoms with Crippen molar-refractivity contribution in [1.29, 1.82) is 0 Å². The van der Waals surface area contributed by atoms with Gasteiger partial charge in [0.2, 0.25) is 0 Å². The van der Waals surface area contributed by atoms with Crippen molar-refractivity contribution >= 4 is 11.7 Å². The minimum absolute atomic E-state index is 0.0312. The molecule has 0 saturated heterocycles. The van der Waals surface area contributed by atoms with Crippen LogP contribution < -0.4 is 5.32 Å². The maximum atomic E-state index is 12.0. The van der Waals surface area contributed by atoms with Gasteiger partial charge in [0, 0.05) is 12.2 Å². The van der Waals surface area contributed by atoms with E-state index in [1.165, 1.54) is 24.8 Å². The second kappa shape index (κ2) is 5.64. The van der Waals surface area contributed by atoms with Gasteiger partial charge in [0.05, 0.1) is 12.5 Å². The van der Waals surface area contributed by atoms with Crippen molar-refractivity contribution in [3.63, 3.8) is 0 Å². The lowest BCUT2D eigenvalue weighted by molar-refractivity contribution is -0.148. The number of anilines is 1. The second-order valence-corrected chi connectivity index (χ2v) is 5.69. The molecule has 1 fully saturated rings. The Kier molecular flexibility index (Phi) is 3.72. The van der Waals surface area contributed by atoms with Crippen molar-refractivity contribution in [3.8, 4) is 0 Å². The van der Waals surface area contributed by atoms with Crippen LogP contribution in [0.5, 0.6) is 0 Å². The molecule has 1 aromatic carbocycles. The smallest absolute Gasteiger partial charge is 0.311 e. The maximum absolute atomic E-state index is 12.0. The summed E-state index contributed by atoms with van der Waals surface area (Å²) in [5.41, 5.74) is 2.37. The van der Waals surface area contributed by atoms with Crippen LogP contribution in [-0.2, 0) is 16.0 Å². The highest BCUT2D eigenvalue weighted by Crippen LogP contribution is 2.29. The van der Waals surface area contributed by atoms with E-state index in [2.05, 4.69) is 17.4 Å². The van der Waals surface area contributed by atoms with Gasteiger partial charge in [-0.1, -0.05) is 37.5 Å². The van der Waals surface area contributed by atoms with Crippen molar-refractivity contribution in [2.24, 2.45) is 11.8 Å². The monoisotopic (exact) mass is 259 g/mol.